The van der Waals surface area contributed by atoms with Gasteiger partial charge in [-0.05, 0) is 24.6 Å². The van der Waals surface area contributed by atoms with Crippen LogP contribution in [0, 0.1) is 6.92 Å². The van der Waals surface area contributed by atoms with Gasteiger partial charge in [-0.3, -0.25) is 15.0 Å². The molecule has 1 aliphatic heterocycles. The maximum absolute atomic E-state index is 12.4. The molecule has 5 nitrogen and oxygen atoms in total. The summed E-state index contributed by atoms with van der Waals surface area (Å²) >= 11 is 0. The SMILES string of the molecule is Cc1cccc(C(=O)N[C@@H]2C(=O)NN[C@H]2c2ccccc2)c1. The molecule has 0 spiro atoms. The summed E-state index contributed by atoms with van der Waals surface area (Å²) in [5.41, 5.74) is 8.00. The van der Waals surface area contributed by atoms with Crippen LogP contribution in [-0.2, 0) is 4.79 Å². The molecule has 0 aromatic heterocycles. The lowest BCUT2D eigenvalue weighted by molar-refractivity contribution is -0.121. The zero-order chi connectivity index (χ0) is 15.5. The Kier molecular flexibility index (Phi) is 3.89. The standard InChI is InChI=1S/C17H17N3O2/c1-11-6-5-9-13(10-11)16(21)18-15-14(19-20-17(15)22)12-7-3-2-4-8-12/h2-10,14-15,19H,1H3,(H,18,21)(H,20,22)/t14-,15-/m0/s1. The van der Waals surface area contributed by atoms with Crippen LogP contribution in [0.4, 0.5) is 0 Å². The van der Waals surface area contributed by atoms with Crippen molar-refractivity contribution in [2.24, 2.45) is 0 Å². The van der Waals surface area contributed by atoms with Gasteiger partial charge in [0.1, 0.15) is 6.04 Å². The molecule has 5 heteroatoms. The third-order valence-corrected chi connectivity index (χ3v) is 3.69. The van der Waals surface area contributed by atoms with Gasteiger partial charge in [-0.2, -0.15) is 0 Å². The van der Waals surface area contributed by atoms with E-state index in [0.29, 0.717) is 5.56 Å². The fraction of sp³-hybridized carbons (Fsp3) is 0.176. The lowest BCUT2D eigenvalue weighted by Crippen LogP contribution is -2.42. The first-order valence-electron chi connectivity index (χ1n) is 7.13. The molecule has 1 heterocycles. The number of hydrazine groups is 1. The van der Waals surface area contributed by atoms with Crippen LogP contribution in [0.15, 0.2) is 54.6 Å². The van der Waals surface area contributed by atoms with E-state index >= 15 is 0 Å². The Bertz CT molecular complexity index is 700. The van der Waals surface area contributed by atoms with Gasteiger partial charge < -0.3 is 5.32 Å². The van der Waals surface area contributed by atoms with Gasteiger partial charge in [-0.1, -0.05) is 48.0 Å². The molecular weight excluding hydrogens is 278 g/mol. The molecule has 1 aliphatic rings. The molecule has 3 N–H and O–H groups in total. The largest absolute Gasteiger partial charge is 0.338 e. The minimum absolute atomic E-state index is 0.241. The summed E-state index contributed by atoms with van der Waals surface area (Å²) in [7, 11) is 0. The van der Waals surface area contributed by atoms with E-state index in [4.69, 9.17) is 0 Å². The third kappa shape index (κ3) is 2.84. The summed E-state index contributed by atoms with van der Waals surface area (Å²) in [5.74, 6) is -0.497. The predicted octanol–water partition coefficient (Wildman–Crippen LogP) is 1.47. The molecule has 0 bridgehead atoms. The maximum Gasteiger partial charge on any atom is 0.258 e. The van der Waals surface area contributed by atoms with Crippen LogP contribution in [0.1, 0.15) is 27.5 Å². The maximum atomic E-state index is 12.4. The zero-order valence-corrected chi connectivity index (χ0v) is 12.2. The van der Waals surface area contributed by atoms with Gasteiger partial charge in [0.05, 0.1) is 6.04 Å². The van der Waals surface area contributed by atoms with Crippen molar-refractivity contribution in [1.29, 1.82) is 0 Å². The van der Waals surface area contributed by atoms with Crippen LogP contribution in [0.5, 0.6) is 0 Å². The van der Waals surface area contributed by atoms with Crippen LogP contribution >= 0.6 is 0 Å². The van der Waals surface area contributed by atoms with Gasteiger partial charge in [-0.15, -0.1) is 0 Å². The Labute approximate surface area is 128 Å². The normalized spacial score (nSPS) is 20.5. The fourth-order valence-corrected chi connectivity index (χ4v) is 2.56. The molecule has 2 aromatic carbocycles. The van der Waals surface area contributed by atoms with Crippen molar-refractivity contribution in [1.82, 2.24) is 16.2 Å². The second-order valence-corrected chi connectivity index (χ2v) is 5.34. The molecule has 112 valence electrons. The summed E-state index contributed by atoms with van der Waals surface area (Å²) in [5, 5.41) is 2.81. The lowest BCUT2D eigenvalue weighted by Gasteiger charge is -2.18. The van der Waals surface area contributed by atoms with Crippen LogP contribution in [0.3, 0.4) is 0 Å². The quantitative estimate of drug-likeness (QED) is 0.803. The first kappa shape index (κ1) is 14.3. The highest BCUT2D eigenvalue weighted by Gasteiger charge is 2.36. The highest BCUT2D eigenvalue weighted by Crippen LogP contribution is 2.20. The molecule has 0 radical (unpaired) electrons. The molecular formula is C17H17N3O2. The molecule has 0 unspecified atom stereocenters. The van der Waals surface area contributed by atoms with Crippen molar-refractivity contribution in [3.05, 3.63) is 71.3 Å². The highest BCUT2D eigenvalue weighted by molar-refractivity contribution is 5.98. The van der Waals surface area contributed by atoms with Crippen molar-refractivity contribution in [2.75, 3.05) is 0 Å². The second-order valence-electron chi connectivity index (χ2n) is 5.34. The Hall–Kier alpha value is -2.66. The number of nitrogens with one attached hydrogen (secondary N) is 3. The molecule has 1 saturated heterocycles. The minimum Gasteiger partial charge on any atom is -0.338 e. The van der Waals surface area contributed by atoms with Crippen LogP contribution in [0.2, 0.25) is 0 Å². The number of carbonyl (C=O) groups is 2. The molecule has 2 aromatic rings. The van der Waals surface area contributed by atoms with E-state index in [0.717, 1.165) is 11.1 Å². The van der Waals surface area contributed by atoms with Crippen molar-refractivity contribution in [2.45, 2.75) is 19.0 Å². The molecule has 1 fully saturated rings. The number of hydrogen-bond donors (Lipinski definition) is 3. The number of carbonyl (C=O) groups excluding carboxylic acids is 2. The van der Waals surface area contributed by atoms with E-state index in [1.54, 1.807) is 12.1 Å². The van der Waals surface area contributed by atoms with Crippen molar-refractivity contribution >= 4 is 11.8 Å². The zero-order valence-electron chi connectivity index (χ0n) is 12.2. The van der Waals surface area contributed by atoms with Gasteiger partial charge in [0.25, 0.3) is 11.8 Å². The number of aryl methyl sites for hydroxylation is 1. The number of hydrogen-bond acceptors (Lipinski definition) is 3. The van der Waals surface area contributed by atoms with Gasteiger partial charge >= 0.3 is 0 Å². The topological polar surface area (TPSA) is 70.2 Å². The summed E-state index contributed by atoms with van der Waals surface area (Å²) in [6.45, 7) is 1.92. The molecule has 2 atom stereocenters. The van der Waals surface area contributed by atoms with Crippen LogP contribution in [-0.4, -0.2) is 17.9 Å². The predicted molar refractivity (Wildman–Crippen MR) is 82.9 cm³/mol. The monoisotopic (exact) mass is 295 g/mol. The molecule has 3 rings (SSSR count). The van der Waals surface area contributed by atoms with E-state index in [1.807, 2.05) is 49.4 Å². The minimum atomic E-state index is -0.643. The van der Waals surface area contributed by atoms with E-state index in [9.17, 15) is 9.59 Å². The first-order valence-corrected chi connectivity index (χ1v) is 7.13. The fourth-order valence-electron chi connectivity index (χ4n) is 2.56. The number of amides is 2. The average Bonchev–Trinajstić information content (AvgIpc) is 2.89. The van der Waals surface area contributed by atoms with Gasteiger partial charge in [0.2, 0.25) is 0 Å². The molecule has 0 aliphatic carbocycles. The van der Waals surface area contributed by atoms with Crippen molar-refractivity contribution in [3.8, 4) is 0 Å². The van der Waals surface area contributed by atoms with E-state index in [2.05, 4.69) is 16.2 Å². The number of benzene rings is 2. The van der Waals surface area contributed by atoms with Crippen molar-refractivity contribution in [3.63, 3.8) is 0 Å². The number of rotatable bonds is 3. The lowest BCUT2D eigenvalue weighted by atomic mass is 10.0. The average molecular weight is 295 g/mol. The third-order valence-electron chi connectivity index (χ3n) is 3.69. The summed E-state index contributed by atoms with van der Waals surface area (Å²) < 4.78 is 0. The summed E-state index contributed by atoms with van der Waals surface area (Å²) in [6.07, 6.45) is 0. The van der Waals surface area contributed by atoms with Gasteiger partial charge in [-0.25, -0.2) is 5.43 Å². The van der Waals surface area contributed by atoms with E-state index < -0.39 is 6.04 Å². The van der Waals surface area contributed by atoms with E-state index in [1.165, 1.54) is 0 Å². The smallest absolute Gasteiger partial charge is 0.258 e. The second kappa shape index (κ2) is 5.99. The first-order chi connectivity index (χ1) is 10.6. The van der Waals surface area contributed by atoms with Gasteiger partial charge in [0, 0.05) is 5.56 Å². The Balaban J connectivity index is 1.80. The van der Waals surface area contributed by atoms with Crippen LogP contribution < -0.4 is 16.2 Å². The molecule has 22 heavy (non-hydrogen) atoms. The molecule has 0 saturated carbocycles. The van der Waals surface area contributed by atoms with Crippen LogP contribution in [0.25, 0.3) is 0 Å². The van der Waals surface area contributed by atoms with Gasteiger partial charge in [0.15, 0.2) is 0 Å². The summed E-state index contributed by atoms with van der Waals surface area (Å²) in [4.78, 5) is 24.4. The Morgan fingerprint density at radius 3 is 2.59 bits per heavy atom. The van der Waals surface area contributed by atoms with E-state index in [-0.39, 0.29) is 17.9 Å². The summed E-state index contributed by atoms with van der Waals surface area (Å²) in [6, 6.07) is 15.9. The van der Waals surface area contributed by atoms with Crippen molar-refractivity contribution < 1.29 is 9.59 Å². The Morgan fingerprint density at radius 1 is 1.09 bits per heavy atom. The Morgan fingerprint density at radius 2 is 1.86 bits per heavy atom. The molecule has 2 amide bonds. The highest BCUT2D eigenvalue weighted by atomic mass is 16.2.